The predicted molar refractivity (Wildman–Crippen MR) is 99.5 cm³/mol. The van der Waals surface area contributed by atoms with E-state index in [2.05, 4.69) is 42.5 Å². The van der Waals surface area contributed by atoms with Crippen LogP contribution in [0.1, 0.15) is 32.8 Å². The van der Waals surface area contributed by atoms with Crippen molar-refractivity contribution in [2.75, 3.05) is 20.1 Å². The van der Waals surface area contributed by atoms with E-state index < -0.39 is 0 Å². The van der Waals surface area contributed by atoms with Crippen molar-refractivity contribution in [1.82, 2.24) is 10.6 Å². The van der Waals surface area contributed by atoms with Crippen LogP contribution in [0.25, 0.3) is 0 Å². The molecule has 2 N–H and O–H groups in total. The van der Waals surface area contributed by atoms with Crippen LogP contribution in [0.3, 0.4) is 0 Å². The topological polar surface area (TPSA) is 36.4 Å². The first-order valence-corrected chi connectivity index (χ1v) is 7.08. The SMILES string of the molecule is CCCNC(=NC)NCC(C)(C)c1ccccc1Cl.I. The molecule has 1 aromatic rings. The van der Waals surface area contributed by atoms with Gasteiger partial charge in [-0.3, -0.25) is 4.99 Å². The summed E-state index contributed by atoms with van der Waals surface area (Å²) in [6.45, 7) is 8.18. The lowest BCUT2D eigenvalue weighted by molar-refractivity contribution is 0.509. The number of guanidine groups is 1. The van der Waals surface area contributed by atoms with Gasteiger partial charge in [-0.25, -0.2) is 0 Å². The summed E-state index contributed by atoms with van der Waals surface area (Å²) in [4.78, 5) is 4.21. The standard InChI is InChI=1S/C15H24ClN3.HI/c1-5-10-18-14(17-4)19-11-15(2,3)12-8-6-7-9-13(12)16;/h6-9H,5,10-11H2,1-4H3,(H2,17,18,19);1H. The summed E-state index contributed by atoms with van der Waals surface area (Å²) in [6, 6.07) is 7.99. The average molecular weight is 410 g/mol. The van der Waals surface area contributed by atoms with Gasteiger partial charge in [0.05, 0.1) is 0 Å². The van der Waals surface area contributed by atoms with Gasteiger partial charge < -0.3 is 10.6 Å². The van der Waals surface area contributed by atoms with E-state index in [4.69, 9.17) is 11.6 Å². The van der Waals surface area contributed by atoms with Crippen LogP contribution in [0.4, 0.5) is 0 Å². The summed E-state index contributed by atoms with van der Waals surface area (Å²) in [6.07, 6.45) is 1.08. The molecule has 0 amide bonds. The lowest BCUT2D eigenvalue weighted by Crippen LogP contribution is -2.43. The fourth-order valence-corrected chi connectivity index (χ4v) is 2.27. The van der Waals surface area contributed by atoms with Crippen LogP contribution in [-0.4, -0.2) is 26.1 Å². The second-order valence-corrected chi connectivity index (χ2v) is 5.62. The molecule has 0 aliphatic rings. The van der Waals surface area contributed by atoms with Crippen LogP contribution in [-0.2, 0) is 5.41 Å². The molecule has 3 nitrogen and oxygen atoms in total. The van der Waals surface area contributed by atoms with Gasteiger partial charge in [-0.1, -0.05) is 50.6 Å². The normalized spacial score (nSPS) is 11.8. The molecule has 20 heavy (non-hydrogen) atoms. The van der Waals surface area contributed by atoms with Crippen LogP contribution in [0.15, 0.2) is 29.3 Å². The Morgan fingerprint density at radius 3 is 2.45 bits per heavy atom. The van der Waals surface area contributed by atoms with Crippen molar-refractivity contribution in [1.29, 1.82) is 0 Å². The minimum atomic E-state index is -0.0534. The number of aliphatic imine (C=N–C) groups is 1. The van der Waals surface area contributed by atoms with E-state index in [1.54, 1.807) is 7.05 Å². The average Bonchev–Trinajstić information content (AvgIpc) is 2.39. The summed E-state index contributed by atoms with van der Waals surface area (Å²) in [7, 11) is 1.79. The first-order valence-electron chi connectivity index (χ1n) is 6.70. The third-order valence-electron chi connectivity index (χ3n) is 3.07. The number of halogens is 2. The Labute approximate surface area is 144 Å². The van der Waals surface area contributed by atoms with E-state index in [0.29, 0.717) is 0 Å². The van der Waals surface area contributed by atoms with Gasteiger partial charge in [0.25, 0.3) is 0 Å². The van der Waals surface area contributed by atoms with E-state index >= 15 is 0 Å². The Hall–Kier alpha value is -0.490. The third-order valence-corrected chi connectivity index (χ3v) is 3.40. The predicted octanol–water partition coefficient (Wildman–Crippen LogP) is 3.81. The van der Waals surface area contributed by atoms with Crippen molar-refractivity contribution < 1.29 is 0 Å². The van der Waals surface area contributed by atoms with E-state index in [-0.39, 0.29) is 29.4 Å². The Morgan fingerprint density at radius 2 is 1.90 bits per heavy atom. The second-order valence-electron chi connectivity index (χ2n) is 5.22. The Kier molecular flexibility index (Phi) is 9.22. The monoisotopic (exact) mass is 409 g/mol. The summed E-state index contributed by atoms with van der Waals surface area (Å²) in [5.74, 6) is 0.835. The Morgan fingerprint density at radius 1 is 1.25 bits per heavy atom. The largest absolute Gasteiger partial charge is 0.356 e. The maximum atomic E-state index is 6.27. The van der Waals surface area contributed by atoms with Gasteiger partial charge in [-0.2, -0.15) is 0 Å². The zero-order chi connectivity index (χ0) is 14.3. The van der Waals surface area contributed by atoms with Gasteiger partial charge in [0, 0.05) is 30.6 Å². The van der Waals surface area contributed by atoms with Gasteiger partial charge in [0.1, 0.15) is 0 Å². The molecule has 0 bridgehead atoms. The fourth-order valence-electron chi connectivity index (χ4n) is 1.87. The zero-order valence-corrected chi connectivity index (χ0v) is 15.8. The molecule has 0 aliphatic carbocycles. The van der Waals surface area contributed by atoms with Gasteiger partial charge in [-0.05, 0) is 18.1 Å². The molecule has 0 heterocycles. The first-order chi connectivity index (χ1) is 9.01. The number of benzene rings is 1. The molecule has 0 saturated carbocycles. The zero-order valence-electron chi connectivity index (χ0n) is 12.7. The van der Waals surface area contributed by atoms with Crippen LogP contribution in [0, 0.1) is 0 Å². The molecular formula is C15H25ClIN3. The van der Waals surface area contributed by atoms with Gasteiger partial charge in [-0.15, -0.1) is 24.0 Å². The highest BCUT2D eigenvalue weighted by Gasteiger charge is 2.23. The van der Waals surface area contributed by atoms with Crippen LogP contribution < -0.4 is 10.6 Å². The van der Waals surface area contributed by atoms with Gasteiger partial charge >= 0.3 is 0 Å². The highest BCUT2D eigenvalue weighted by atomic mass is 127. The maximum Gasteiger partial charge on any atom is 0.191 e. The molecule has 0 atom stereocenters. The lowest BCUT2D eigenvalue weighted by atomic mass is 9.84. The molecule has 1 aromatic carbocycles. The minimum absolute atomic E-state index is 0. The van der Waals surface area contributed by atoms with Crippen LogP contribution in [0.5, 0.6) is 0 Å². The highest BCUT2D eigenvalue weighted by Crippen LogP contribution is 2.28. The molecule has 0 spiro atoms. The van der Waals surface area contributed by atoms with Crippen molar-refractivity contribution in [3.63, 3.8) is 0 Å². The summed E-state index contributed by atoms with van der Waals surface area (Å²) in [5, 5.41) is 7.43. The number of hydrogen-bond acceptors (Lipinski definition) is 1. The first kappa shape index (κ1) is 19.5. The number of nitrogens with zero attached hydrogens (tertiary/aromatic N) is 1. The van der Waals surface area contributed by atoms with Gasteiger partial charge in [0.15, 0.2) is 5.96 Å². The maximum absolute atomic E-state index is 6.27. The molecule has 0 saturated heterocycles. The van der Waals surface area contributed by atoms with Crippen LogP contribution >= 0.6 is 35.6 Å². The molecule has 114 valence electrons. The van der Waals surface area contributed by atoms with Crippen molar-refractivity contribution in [2.24, 2.45) is 4.99 Å². The van der Waals surface area contributed by atoms with E-state index in [1.807, 2.05) is 18.2 Å². The minimum Gasteiger partial charge on any atom is -0.356 e. The Bertz CT molecular complexity index is 433. The van der Waals surface area contributed by atoms with E-state index in [1.165, 1.54) is 0 Å². The van der Waals surface area contributed by atoms with Gasteiger partial charge in [0.2, 0.25) is 0 Å². The van der Waals surface area contributed by atoms with Crippen molar-refractivity contribution in [3.8, 4) is 0 Å². The highest BCUT2D eigenvalue weighted by molar-refractivity contribution is 14.0. The fraction of sp³-hybridized carbons (Fsp3) is 0.533. The molecule has 5 heteroatoms. The third kappa shape index (κ3) is 5.87. The molecule has 0 unspecified atom stereocenters. The molecule has 0 aromatic heterocycles. The van der Waals surface area contributed by atoms with Crippen molar-refractivity contribution in [2.45, 2.75) is 32.6 Å². The summed E-state index contributed by atoms with van der Waals surface area (Å²) >= 11 is 6.27. The second kappa shape index (κ2) is 9.45. The smallest absolute Gasteiger partial charge is 0.191 e. The molecule has 0 fully saturated rings. The quantitative estimate of drug-likeness (QED) is 0.441. The van der Waals surface area contributed by atoms with E-state index in [0.717, 1.165) is 36.1 Å². The van der Waals surface area contributed by atoms with Crippen molar-refractivity contribution in [3.05, 3.63) is 34.9 Å². The molecular weight excluding hydrogens is 385 g/mol. The number of hydrogen-bond donors (Lipinski definition) is 2. The lowest BCUT2D eigenvalue weighted by Gasteiger charge is -2.27. The van der Waals surface area contributed by atoms with E-state index in [9.17, 15) is 0 Å². The Balaban J connectivity index is 0.00000361. The van der Waals surface area contributed by atoms with Crippen LogP contribution in [0.2, 0.25) is 5.02 Å². The summed E-state index contributed by atoms with van der Waals surface area (Å²) in [5.41, 5.74) is 1.09. The number of rotatable bonds is 5. The number of nitrogens with one attached hydrogen (secondary N) is 2. The molecule has 0 aliphatic heterocycles. The summed E-state index contributed by atoms with van der Waals surface area (Å²) < 4.78 is 0. The van der Waals surface area contributed by atoms with Crippen molar-refractivity contribution >= 4 is 41.5 Å². The molecule has 1 rings (SSSR count). The molecule has 0 radical (unpaired) electrons.